The molecule has 1 heterocycles. The Morgan fingerprint density at radius 1 is 1.31 bits per heavy atom. The highest BCUT2D eigenvalue weighted by Crippen LogP contribution is 2.22. The summed E-state index contributed by atoms with van der Waals surface area (Å²) >= 11 is 0. The smallest absolute Gasteiger partial charge is 0.0527 e. The first-order valence-corrected chi connectivity index (χ1v) is 4.42. The van der Waals surface area contributed by atoms with Gasteiger partial charge in [0.15, 0.2) is 0 Å². The van der Waals surface area contributed by atoms with Gasteiger partial charge >= 0.3 is 0 Å². The molecule has 1 nitrogen and oxygen atoms in total. The summed E-state index contributed by atoms with van der Waals surface area (Å²) in [6.45, 7) is 8.10. The Labute approximate surface area is 78.3 Å². The van der Waals surface area contributed by atoms with Crippen LogP contribution in [0.4, 0.5) is 0 Å². The molecule has 0 fully saturated rings. The minimum Gasteiger partial charge on any atom is -0.321 e. The van der Waals surface area contributed by atoms with E-state index in [1.165, 1.54) is 16.5 Å². The van der Waals surface area contributed by atoms with E-state index in [0.717, 1.165) is 5.70 Å². The van der Waals surface area contributed by atoms with Crippen molar-refractivity contribution < 1.29 is 0 Å². The van der Waals surface area contributed by atoms with Crippen LogP contribution in [0.5, 0.6) is 0 Å². The zero-order chi connectivity index (χ0) is 9.42. The minimum atomic E-state index is 1.06. The Hall–Kier alpha value is -1.50. The second kappa shape index (κ2) is 2.77. The van der Waals surface area contributed by atoms with Crippen molar-refractivity contribution in [2.45, 2.75) is 13.8 Å². The maximum atomic E-state index is 3.95. The molecule has 0 aliphatic rings. The number of benzene rings is 1. The van der Waals surface area contributed by atoms with Crippen LogP contribution in [-0.2, 0) is 0 Å². The number of fused-ring (bicyclic) bond motifs is 1. The Bertz CT molecular complexity index is 463. The third-order valence-corrected chi connectivity index (χ3v) is 2.32. The number of hydrogen-bond acceptors (Lipinski definition) is 0. The van der Waals surface area contributed by atoms with Crippen LogP contribution >= 0.6 is 0 Å². The standard InChI is InChI=1S/C12H13N/c1-9(2)13-8-10(3)11-6-4-5-7-12(11)13/h4-8H,1H2,2-3H3. The van der Waals surface area contributed by atoms with Gasteiger partial charge in [-0.25, -0.2) is 0 Å². The highest BCUT2D eigenvalue weighted by molar-refractivity contribution is 5.86. The van der Waals surface area contributed by atoms with Crippen molar-refractivity contribution in [2.24, 2.45) is 0 Å². The van der Waals surface area contributed by atoms with Gasteiger partial charge in [0.25, 0.3) is 0 Å². The van der Waals surface area contributed by atoms with Gasteiger partial charge in [-0.2, -0.15) is 0 Å². The van der Waals surface area contributed by atoms with Gasteiger partial charge in [-0.1, -0.05) is 24.8 Å². The van der Waals surface area contributed by atoms with Gasteiger partial charge in [0.1, 0.15) is 0 Å². The molecule has 0 aliphatic heterocycles. The van der Waals surface area contributed by atoms with Gasteiger partial charge in [-0.3, -0.25) is 0 Å². The number of hydrogen-bond donors (Lipinski definition) is 0. The first kappa shape index (κ1) is 8.11. The molecule has 0 aliphatic carbocycles. The fourth-order valence-electron chi connectivity index (χ4n) is 1.67. The summed E-state index contributed by atoms with van der Waals surface area (Å²) in [6, 6.07) is 8.39. The number of aryl methyl sites for hydroxylation is 1. The molecule has 0 N–H and O–H groups in total. The van der Waals surface area contributed by atoms with E-state index < -0.39 is 0 Å². The normalized spacial score (nSPS) is 10.6. The predicted molar refractivity (Wildman–Crippen MR) is 57.7 cm³/mol. The lowest BCUT2D eigenvalue weighted by Gasteiger charge is -2.01. The van der Waals surface area contributed by atoms with Crippen LogP contribution in [0.3, 0.4) is 0 Å². The molecule has 0 bridgehead atoms. The van der Waals surface area contributed by atoms with Crippen LogP contribution in [0, 0.1) is 6.92 Å². The highest BCUT2D eigenvalue weighted by Gasteiger charge is 2.03. The molecular weight excluding hydrogens is 158 g/mol. The van der Waals surface area contributed by atoms with Crippen LogP contribution < -0.4 is 0 Å². The minimum absolute atomic E-state index is 1.06. The predicted octanol–water partition coefficient (Wildman–Crippen LogP) is 3.44. The van der Waals surface area contributed by atoms with E-state index in [9.17, 15) is 0 Å². The molecular formula is C12H13N. The number of aromatic nitrogens is 1. The second-order valence-corrected chi connectivity index (χ2v) is 3.43. The summed E-state index contributed by atoms with van der Waals surface area (Å²) in [5, 5.41) is 1.31. The number of rotatable bonds is 1. The first-order chi connectivity index (χ1) is 6.20. The summed E-state index contributed by atoms with van der Waals surface area (Å²) in [5.74, 6) is 0. The Kier molecular flexibility index (Phi) is 1.73. The van der Waals surface area contributed by atoms with E-state index in [1.807, 2.05) is 6.92 Å². The molecule has 0 unspecified atom stereocenters. The Morgan fingerprint density at radius 3 is 2.69 bits per heavy atom. The van der Waals surface area contributed by atoms with E-state index in [0.29, 0.717) is 0 Å². The largest absolute Gasteiger partial charge is 0.321 e. The lowest BCUT2D eigenvalue weighted by molar-refractivity contribution is 1.14. The lowest BCUT2D eigenvalue weighted by Crippen LogP contribution is -1.87. The molecule has 0 amide bonds. The van der Waals surface area contributed by atoms with E-state index in [-0.39, 0.29) is 0 Å². The molecule has 13 heavy (non-hydrogen) atoms. The van der Waals surface area contributed by atoms with Crippen LogP contribution in [0.1, 0.15) is 12.5 Å². The van der Waals surface area contributed by atoms with E-state index in [4.69, 9.17) is 0 Å². The van der Waals surface area contributed by atoms with Crippen LogP contribution in [-0.4, -0.2) is 4.57 Å². The molecule has 2 rings (SSSR count). The van der Waals surface area contributed by atoms with Crippen LogP contribution in [0.2, 0.25) is 0 Å². The first-order valence-electron chi connectivity index (χ1n) is 4.42. The highest BCUT2D eigenvalue weighted by atomic mass is 15.0. The van der Waals surface area contributed by atoms with Gasteiger partial charge in [-0.15, -0.1) is 0 Å². The molecule has 2 aromatic rings. The fraction of sp³-hybridized carbons (Fsp3) is 0.167. The van der Waals surface area contributed by atoms with Crippen molar-refractivity contribution >= 4 is 16.6 Å². The average molecular weight is 171 g/mol. The topological polar surface area (TPSA) is 4.93 Å². The number of allylic oxidation sites excluding steroid dienone is 1. The molecule has 0 saturated heterocycles. The molecule has 1 heteroatoms. The molecule has 0 spiro atoms. The van der Waals surface area contributed by atoms with Crippen molar-refractivity contribution in [3.63, 3.8) is 0 Å². The summed E-state index contributed by atoms with van der Waals surface area (Å²) in [7, 11) is 0. The van der Waals surface area contributed by atoms with Crippen molar-refractivity contribution in [2.75, 3.05) is 0 Å². The fourth-order valence-corrected chi connectivity index (χ4v) is 1.67. The summed E-state index contributed by atoms with van der Waals surface area (Å²) in [5.41, 5.74) is 3.61. The average Bonchev–Trinajstić information content (AvgIpc) is 2.45. The number of para-hydroxylation sites is 1. The van der Waals surface area contributed by atoms with Gasteiger partial charge in [0.05, 0.1) is 5.52 Å². The molecule has 0 saturated carbocycles. The van der Waals surface area contributed by atoms with Crippen molar-refractivity contribution in [3.05, 3.63) is 42.6 Å². The van der Waals surface area contributed by atoms with Crippen LogP contribution in [0.25, 0.3) is 16.6 Å². The summed E-state index contributed by atoms with van der Waals surface area (Å²) in [4.78, 5) is 0. The van der Waals surface area contributed by atoms with Crippen molar-refractivity contribution in [1.82, 2.24) is 4.57 Å². The van der Waals surface area contributed by atoms with Crippen molar-refractivity contribution in [3.8, 4) is 0 Å². The molecule has 66 valence electrons. The SMILES string of the molecule is C=C(C)n1cc(C)c2ccccc21. The maximum Gasteiger partial charge on any atom is 0.0527 e. The summed E-state index contributed by atoms with van der Waals surface area (Å²) in [6.07, 6.45) is 2.13. The van der Waals surface area contributed by atoms with E-state index >= 15 is 0 Å². The molecule has 1 aromatic heterocycles. The third kappa shape index (κ3) is 1.17. The van der Waals surface area contributed by atoms with E-state index in [1.54, 1.807) is 0 Å². The third-order valence-electron chi connectivity index (χ3n) is 2.32. The molecule has 0 radical (unpaired) electrons. The summed E-state index contributed by atoms with van der Waals surface area (Å²) < 4.78 is 2.13. The lowest BCUT2D eigenvalue weighted by atomic mass is 10.2. The maximum absolute atomic E-state index is 3.95. The van der Waals surface area contributed by atoms with Gasteiger partial charge < -0.3 is 4.57 Å². The quantitative estimate of drug-likeness (QED) is 0.619. The molecule has 0 atom stereocenters. The zero-order valence-electron chi connectivity index (χ0n) is 8.04. The van der Waals surface area contributed by atoms with Gasteiger partial charge in [0.2, 0.25) is 0 Å². The van der Waals surface area contributed by atoms with Crippen LogP contribution in [0.15, 0.2) is 37.0 Å². The van der Waals surface area contributed by atoms with E-state index in [2.05, 4.69) is 48.5 Å². The van der Waals surface area contributed by atoms with Gasteiger partial charge in [0, 0.05) is 17.3 Å². The van der Waals surface area contributed by atoms with Gasteiger partial charge in [-0.05, 0) is 25.5 Å². The van der Waals surface area contributed by atoms with Crippen molar-refractivity contribution in [1.29, 1.82) is 0 Å². The Morgan fingerprint density at radius 2 is 2.00 bits per heavy atom. The Balaban J connectivity index is 2.85. The number of nitrogens with zero attached hydrogens (tertiary/aromatic N) is 1. The monoisotopic (exact) mass is 171 g/mol. The molecule has 1 aromatic carbocycles. The second-order valence-electron chi connectivity index (χ2n) is 3.43. The zero-order valence-corrected chi connectivity index (χ0v) is 8.04.